The summed E-state index contributed by atoms with van der Waals surface area (Å²) in [6.07, 6.45) is 0. The van der Waals surface area contributed by atoms with Gasteiger partial charge in [0, 0.05) is 5.56 Å². The molecule has 0 saturated carbocycles. The highest BCUT2D eigenvalue weighted by atomic mass is 19.1. The monoisotopic (exact) mass is 270 g/mol. The number of halogens is 1. The quantitative estimate of drug-likeness (QED) is 0.774. The van der Waals surface area contributed by atoms with Crippen LogP contribution >= 0.6 is 0 Å². The molecule has 2 aromatic heterocycles. The van der Waals surface area contributed by atoms with Crippen LogP contribution in [0.25, 0.3) is 23.0 Å². The molecule has 0 radical (unpaired) electrons. The van der Waals surface area contributed by atoms with Gasteiger partial charge in [-0.15, -0.1) is 0 Å². The molecule has 20 heavy (non-hydrogen) atoms. The molecular weight excluding hydrogens is 259 g/mol. The van der Waals surface area contributed by atoms with E-state index in [1.807, 2.05) is 0 Å². The number of hydrogen-bond donors (Lipinski definition) is 1. The Morgan fingerprint density at radius 2 is 2.00 bits per heavy atom. The topological polar surface area (TPSA) is 77.8 Å². The molecule has 3 aromatic rings. The van der Waals surface area contributed by atoms with Crippen molar-refractivity contribution in [1.29, 1.82) is 0 Å². The molecule has 0 atom stereocenters. The molecule has 0 aliphatic heterocycles. The maximum absolute atomic E-state index is 13.5. The summed E-state index contributed by atoms with van der Waals surface area (Å²) in [6, 6.07) is 9.89. The van der Waals surface area contributed by atoms with Crippen LogP contribution in [0.5, 0.6) is 0 Å². The van der Waals surface area contributed by atoms with Gasteiger partial charge in [-0.25, -0.2) is 9.37 Å². The Kier molecular flexibility index (Phi) is 2.90. The fourth-order valence-corrected chi connectivity index (χ4v) is 1.75. The van der Waals surface area contributed by atoms with E-state index < -0.39 is 0 Å². The first-order valence-electron chi connectivity index (χ1n) is 5.96. The zero-order chi connectivity index (χ0) is 14.1. The smallest absolute Gasteiger partial charge is 0.276 e. The van der Waals surface area contributed by atoms with Gasteiger partial charge in [0.25, 0.3) is 5.89 Å². The standard InChI is InChI=1S/C14H11FN4O/c1-8-5-6-9(7-10(8)15)13-18-14(20-19-13)11-3-2-4-12(16)17-11/h2-7H,1H3,(H2,16,17). The molecule has 5 nitrogen and oxygen atoms in total. The predicted molar refractivity (Wildman–Crippen MR) is 72.1 cm³/mol. The molecule has 0 unspecified atom stereocenters. The largest absolute Gasteiger partial charge is 0.384 e. The lowest BCUT2D eigenvalue weighted by molar-refractivity contribution is 0.431. The number of pyridine rings is 1. The van der Waals surface area contributed by atoms with Gasteiger partial charge in [0.15, 0.2) is 0 Å². The first-order valence-corrected chi connectivity index (χ1v) is 5.96. The summed E-state index contributed by atoms with van der Waals surface area (Å²) in [5.41, 5.74) is 7.20. The third-order valence-corrected chi connectivity index (χ3v) is 2.85. The molecule has 2 heterocycles. The Morgan fingerprint density at radius 1 is 1.15 bits per heavy atom. The second kappa shape index (κ2) is 4.73. The van der Waals surface area contributed by atoms with E-state index in [1.165, 1.54) is 6.07 Å². The number of rotatable bonds is 2. The molecule has 0 amide bonds. The summed E-state index contributed by atoms with van der Waals surface area (Å²) in [6.45, 7) is 1.69. The van der Waals surface area contributed by atoms with Crippen LogP contribution in [-0.4, -0.2) is 15.1 Å². The molecule has 6 heteroatoms. The number of aryl methyl sites for hydroxylation is 1. The Hall–Kier alpha value is -2.76. The molecule has 0 bridgehead atoms. The van der Waals surface area contributed by atoms with Crippen LogP contribution in [-0.2, 0) is 0 Å². The predicted octanol–water partition coefficient (Wildman–Crippen LogP) is 2.83. The minimum absolute atomic E-state index is 0.244. The summed E-state index contributed by atoms with van der Waals surface area (Å²) in [5.74, 6) is 0.607. The highest BCUT2D eigenvalue weighted by molar-refractivity contribution is 5.59. The average Bonchev–Trinajstić information content (AvgIpc) is 2.92. The van der Waals surface area contributed by atoms with Crippen molar-refractivity contribution in [2.75, 3.05) is 5.73 Å². The number of nitrogen functional groups attached to an aromatic ring is 1. The minimum Gasteiger partial charge on any atom is -0.384 e. The number of benzene rings is 1. The molecule has 3 rings (SSSR count). The first kappa shape index (κ1) is 12.3. The van der Waals surface area contributed by atoms with Gasteiger partial charge >= 0.3 is 0 Å². The van der Waals surface area contributed by atoms with Gasteiger partial charge in [0.2, 0.25) is 5.82 Å². The first-order chi connectivity index (χ1) is 9.63. The third kappa shape index (κ3) is 2.23. The molecular formula is C14H11FN4O. The fourth-order valence-electron chi connectivity index (χ4n) is 1.75. The van der Waals surface area contributed by atoms with Gasteiger partial charge in [-0.2, -0.15) is 4.98 Å². The molecule has 1 aromatic carbocycles. The van der Waals surface area contributed by atoms with E-state index in [0.717, 1.165) is 0 Å². The lowest BCUT2D eigenvalue weighted by Gasteiger charge is -1.97. The summed E-state index contributed by atoms with van der Waals surface area (Å²) in [5, 5.41) is 3.83. The number of nitrogens with zero attached hydrogens (tertiary/aromatic N) is 3. The minimum atomic E-state index is -0.309. The van der Waals surface area contributed by atoms with E-state index in [4.69, 9.17) is 10.3 Å². The average molecular weight is 270 g/mol. The van der Waals surface area contributed by atoms with Crippen molar-refractivity contribution in [3.05, 3.63) is 47.8 Å². The SMILES string of the molecule is Cc1ccc(-c2noc(-c3cccc(N)n3)n2)cc1F. The molecule has 0 spiro atoms. The summed E-state index contributed by atoms with van der Waals surface area (Å²) < 4.78 is 18.7. The summed E-state index contributed by atoms with van der Waals surface area (Å²) in [4.78, 5) is 8.29. The van der Waals surface area contributed by atoms with E-state index in [9.17, 15) is 4.39 Å². The van der Waals surface area contributed by atoms with Crippen LogP contribution in [0.3, 0.4) is 0 Å². The van der Waals surface area contributed by atoms with Crippen LogP contribution < -0.4 is 5.73 Å². The van der Waals surface area contributed by atoms with E-state index >= 15 is 0 Å². The van der Waals surface area contributed by atoms with E-state index in [2.05, 4.69) is 15.1 Å². The van der Waals surface area contributed by atoms with E-state index in [-0.39, 0.29) is 11.7 Å². The van der Waals surface area contributed by atoms with Crippen LogP contribution in [0.2, 0.25) is 0 Å². The van der Waals surface area contributed by atoms with Crippen molar-refractivity contribution in [3.8, 4) is 23.0 Å². The van der Waals surface area contributed by atoms with Gasteiger partial charge in [-0.05, 0) is 30.7 Å². The highest BCUT2D eigenvalue weighted by Gasteiger charge is 2.12. The van der Waals surface area contributed by atoms with Gasteiger partial charge in [-0.3, -0.25) is 0 Å². The van der Waals surface area contributed by atoms with Crippen molar-refractivity contribution >= 4 is 5.82 Å². The van der Waals surface area contributed by atoms with Crippen LogP contribution in [0.15, 0.2) is 40.9 Å². The second-order valence-electron chi connectivity index (χ2n) is 4.33. The number of anilines is 1. The van der Waals surface area contributed by atoms with Crippen molar-refractivity contribution in [2.24, 2.45) is 0 Å². The van der Waals surface area contributed by atoms with Crippen LogP contribution in [0.1, 0.15) is 5.56 Å². The van der Waals surface area contributed by atoms with Crippen LogP contribution in [0, 0.1) is 12.7 Å². The molecule has 0 saturated heterocycles. The molecule has 0 aliphatic carbocycles. The van der Waals surface area contributed by atoms with E-state index in [0.29, 0.717) is 28.5 Å². The van der Waals surface area contributed by atoms with Crippen molar-refractivity contribution in [1.82, 2.24) is 15.1 Å². The molecule has 0 fully saturated rings. The Balaban J connectivity index is 1.99. The van der Waals surface area contributed by atoms with Gasteiger partial charge < -0.3 is 10.3 Å². The van der Waals surface area contributed by atoms with E-state index in [1.54, 1.807) is 37.3 Å². The Bertz CT molecular complexity index is 769. The maximum atomic E-state index is 13.5. The van der Waals surface area contributed by atoms with Crippen molar-refractivity contribution < 1.29 is 8.91 Å². The Morgan fingerprint density at radius 3 is 2.75 bits per heavy atom. The maximum Gasteiger partial charge on any atom is 0.276 e. The van der Waals surface area contributed by atoms with Crippen molar-refractivity contribution in [3.63, 3.8) is 0 Å². The zero-order valence-electron chi connectivity index (χ0n) is 10.7. The number of hydrogen-bond acceptors (Lipinski definition) is 5. The summed E-state index contributed by atoms with van der Waals surface area (Å²) in [7, 11) is 0. The summed E-state index contributed by atoms with van der Waals surface area (Å²) >= 11 is 0. The third-order valence-electron chi connectivity index (χ3n) is 2.85. The fraction of sp³-hybridized carbons (Fsp3) is 0.0714. The normalized spacial score (nSPS) is 10.7. The Labute approximate surface area is 114 Å². The molecule has 0 aliphatic rings. The zero-order valence-corrected chi connectivity index (χ0v) is 10.7. The van der Waals surface area contributed by atoms with Crippen molar-refractivity contribution in [2.45, 2.75) is 6.92 Å². The van der Waals surface area contributed by atoms with Gasteiger partial charge in [0.05, 0.1) is 0 Å². The molecule has 100 valence electrons. The number of nitrogens with two attached hydrogens (primary N) is 1. The van der Waals surface area contributed by atoms with Gasteiger partial charge in [0.1, 0.15) is 17.3 Å². The van der Waals surface area contributed by atoms with Crippen LogP contribution in [0.4, 0.5) is 10.2 Å². The molecule has 2 N–H and O–H groups in total. The van der Waals surface area contributed by atoms with Gasteiger partial charge in [-0.1, -0.05) is 23.4 Å². The lowest BCUT2D eigenvalue weighted by Crippen LogP contribution is -1.91. The second-order valence-corrected chi connectivity index (χ2v) is 4.33. The highest BCUT2D eigenvalue weighted by Crippen LogP contribution is 2.22. The lowest BCUT2D eigenvalue weighted by atomic mass is 10.1. The number of aromatic nitrogens is 3.